The van der Waals surface area contributed by atoms with E-state index in [0.717, 1.165) is 12.1 Å². The third-order valence-electron chi connectivity index (χ3n) is 5.17. The fourth-order valence-electron chi connectivity index (χ4n) is 3.44. The predicted molar refractivity (Wildman–Crippen MR) is 116 cm³/mol. The van der Waals surface area contributed by atoms with Crippen molar-refractivity contribution in [2.45, 2.75) is 38.0 Å². The number of amides is 1. The molecule has 0 saturated carbocycles. The molecule has 0 aliphatic heterocycles. The van der Waals surface area contributed by atoms with Gasteiger partial charge in [-0.3, -0.25) is 4.79 Å². The first-order chi connectivity index (χ1) is 15.3. The first kappa shape index (κ1) is 25.8. The average molecular weight is 465 g/mol. The first-order valence-electron chi connectivity index (χ1n) is 10.1. The second kappa shape index (κ2) is 10.0. The molecule has 0 N–H and O–H groups in total. The summed E-state index contributed by atoms with van der Waals surface area (Å²) in [6.45, 7) is 4.73. The predicted octanol–water partition coefficient (Wildman–Crippen LogP) is 5.73. The number of hydrogen-bond donors (Lipinski definition) is 0. The van der Waals surface area contributed by atoms with Crippen molar-refractivity contribution in [3.63, 3.8) is 0 Å². The Morgan fingerprint density at radius 3 is 2.33 bits per heavy atom. The fourth-order valence-corrected chi connectivity index (χ4v) is 3.44. The minimum absolute atomic E-state index is 0.0456. The Kier molecular flexibility index (Phi) is 7.85. The summed E-state index contributed by atoms with van der Waals surface area (Å²) in [6.07, 6.45) is -4.03. The molecule has 0 aliphatic rings. The van der Waals surface area contributed by atoms with Gasteiger partial charge in [0.05, 0.1) is 17.2 Å². The molecule has 176 valence electrons. The van der Waals surface area contributed by atoms with E-state index in [1.165, 1.54) is 54.2 Å². The average Bonchev–Trinajstić information content (AvgIpc) is 2.77. The molecule has 4 nitrogen and oxygen atoms in total. The quantitative estimate of drug-likeness (QED) is 0.370. The van der Waals surface area contributed by atoms with Crippen LogP contribution in [0.25, 0.3) is 0 Å². The zero-order chi connectivity index (χ0) is 25.0. The molecule has 1 unspecified atom stereocenters. The Labute approximate surface area is 189 Å². The van der Waals surface area contributed by atoms with Gasteiger partial charge in [-0.2, -0.15) is 27.2 Å². The zero-order valence-electron chi connectivity index (χ0n) is 18.5. The van der Waals surface area contributed by atoms with E-state index in [-0.39, 0.29) is 30.1 Å². The highest BCUT2D eigenvalue weighted by Gasteiger charge is 2.35. The maximum Gasteiger partial charge on any atom is 0.417 e. The lowest BCUT2D eigenvalue weighted by Crippen LogP contribution is -2.46. The molecule has 0 spiro atoms. The molecular formula is C24H24F5N3O. The van der Waals surface area contributed by atoms with Gasteiger partial charge in [-0.05, 0) is 42.3 Å². The number of carbonyl (C=O) groups is 1. The number of alkyl halides is 5. The van der Waals surface area contributed by atoms with Gasteiger partial charge in [-0.1, -0.05) is 31.7 Å². The Morgan fingerprint density at radius 2 is 1.82 bits per heavy atom. The number of nitrogens with zero attached hydrogens (tertiary/aromatic N) is 3. The molecule has 0 aromatic heterocycles. The SMILES string of the molecule is C=CC(F)(F)c1cccc(CN(c2ccc(C#N)c(C(F)(F)F)c2)C(CC)C(=O)N(C)C)c1. The second-order valence-corrected chi connectivity index (χ2v) is 7.65. The van der Waals surface area contributed by atoms with Crippen molar-refractivity contribution in [3.8, 4) is 6.07 Å². The monoisotopic (exact) mass is 465 g/mol. The standard InChI is InChI=1S/C24H24F5N3O/c1-5-21(22(33)31(3)4)32(15-16-8-7-9-18(12-16)23(25,26)6-2)19-11-10-17(14-30)20(13-19)24(27,28)29/h6-13,21H,2,5,15H2,1,3-4H3. The highest BCUT2D eigenvalue weighted by Crippen LogP contribution is 2.36. The van der Waals surface area contributed by atoms with Crippen molar-refractivity contribution in [2.24, 2.45) is 0 Å². The molecule has 0 radical (unpaired) electrons. The summed E-state index contributed by atoms with van der Waals surface area (Å²) in [5.74, 6) is -3.65. The summed E-state index contributed by atoms with van der Waals surface area (Å²) in [5, 5.41) is 9.09. The molecule has 0 bridgehead atoms. The number of hydrogen-bond acceptors (Lipinski definition) is 3. The van der Waals surface area contributed by atoms with Crippen molar-refractivity contribution in [1.82, 2.24) is 4.90 Å². The Balaban J connectivity index is 2.64. The lowest BCUT2D eigenvalue weighted by molar-refractivity contribution is -0.137. The largest absolute Gasteiger partial charge is 0.417 e. The van der Waals surface area contributed by atoms with E-state index in [2.05, 4.69) is 6.58 Å². The van der Waals surface area contributed by atoms with Gasteiger partial charge in [0.25, 0.3) is 5.92 Å². The Bertz CT molecular complexity index is 1060. The lowest BCUT2D eigenvalue weighted by Gasteiger charge is -2.34. The molecular weight excluding hydrogens is 441 g/mol. The maximum atomic E-state index is 14.1. The van der Waals surface area contributed by atoms with Crippen LogP contribution in [-0.2, 0) is 23.4 Å². The molecule has 2 rings (SSSR count). The van der Waals surface area contributed by atoms with Crippen LogP contribution in [0.3, 0.4) is 0 Å². The van der Waals surface area contributed by atoms with Crippen LogP contribution in [0.1, 0.15) is 35.6 Å². The third kappa shape index (κ3) is 5.89. The summed E-state index contributed by atoms with van der Waals surface area (Å²) in [5.41, 5.74) is -1.59. The van der Waals surface area contributed by atoms with Crippen LogP contribution in [-0.4, -0.2) is 30.9 Å². The number of anilines is 1. The van der Waals surface area contributed by atoms with Gasteiger partial charge < -0.3 is 9.80 Å². The van der Waals surface area contributed by atoms with E-state index in [0.29, 0.717) is 11.6 Å². The van der Waals surface area contributed by atoms with Gasteiger partial charge in [0.2, 0.25) is 5.91 Å². The Morgan fingerprint density at radius 1 is 1.15 bits per heavy atom. The molecule has 1 atom stereocenters. The van der Waals surface area contributed by atoms with Crippen LogP contribution in [0.15, 0.2) is 55.1 Å². The van der Waals surface area contributed by atoms with Gasteiger partial charge >= 0.3 is 6.18 Å². The summed E-state index contributed by atoms with van der Waals surface area (Å²) in [4.78, 5) is 15.6. The van der Waals surface area contributed by atoms with Crippen molar-refractivity contribution in [3.05, 3.63) is 77.4 Å². The smallest absolute Gasteiger partial charge is 0.355 e. The van der Waals surface area contributed by atoms with E-state index in [1.807, 2.05) is 0 Å². The molecule has 1 amide bonds. The Hall–Kier alpha value is -3.41. The van der Waals surface area contributed by atoms with Gasteiger partial charge in [-0.15, -0.1) is 0 Å². The number of benzene rings is 2. The van der Waals surface area contributed by atoms with Crippen molar-refractivity contribution in [1.29, 1.82) is 5.26 Å². The van der Waals surface area contributed by atoms with Crippen molar-refractivity contribution < 1.29 is 26.7 Å². The van der Waals surface area contributed by atoms with Crippen LogP contribution >= 0.6 is 0 Å². The summed E-state index contributed by atoms with van der Waals surface area (Å²) >= 11 is 0. The van der Waals surface area contributed by atoms with Crippen LogP contribution in [0.5, 0.6) is 0 Å². The van der Waals surface area contributed by atoms with Crippen molar-refractivity contribution in [2.75, 3.05) is 19.0 Å². The number of rotatable bonds is 8. The van der Waals surface area contributed by atoms with Gasteiger partial charge in [0.15, 0.2) is 0 Å². The van der Waals surface area contributed by atoms with E-state index in [1.54, 1.807) is 13.0 Å². The molecule has 0 fully saturated rings. The summed E-state index contributed by atoms with van der Waals surface area (Å²) in [6, 6.07) is 9.26. The van der Waals surface area contributed by atoms with Gasteiger partial charge in [0.1, 0.15) is 6.04 Å². The van der Waals surface area contributed by atoms with E-state index in [9.17, 15) is 26.7 Å². The molecule has 0 aliphatic carbocycles. The van der Waals surface area contributed by atoms with Gasteiger partial charge in [-0.25, -0.2) is 0 Å². The first-order valence-corrected chi connectivity index (χ1v) is 10.1. The summed E-state index contributed by atoms with van der Waals surface area (Å²) < 4.78 is 68.9. The van der Waals surface area contributed by atoms with Gasteiger partial charge in [0, 0.05) is 31.9 Å². The highest BCUT2D eigenvalue weighted by atomic mass is 19.4. The molecule has 0 saturated heterocycles. The minimum atomic E-state index is -4.79. The lowest BCUT2D eigenvalue weighted by atomic mass is 10.0. The topological polar surface area (TPSA) is 47.3 Å². The normalized spacial score (nSPS) is 12.6. The molecule has 0 heterocycles. The van der Waals surface area contributed by atoms with E-state index in [4.69, 9.17) is 5.26 Å². The number of allylic oxidation sites excluding steroid dienone is 1. The second-order valence-electron chi connectivity index (χ2n) is 7.65. The van der Waals surface area contributed by atoms with Crippen molar-refractivity contribution >= 4 is 11.6 Å². The highest BCUT2D eigenvalue weighted by molar-refractivity contribution is 5.85. The molecule has 2 aromatic carbocycles. The fraction of sp³-hybridized carbons (Fsp3) is 0.333. The number of likely N-dealkylation sites (N-methyl/N-ethyl adjacent to an activating group) is 1. The van der Waals surface area contributed by atoms with Crippen LogP contribution in [0.2, 0.25) is 0 Å². The summed E-state index contributed by atoms with van der Waals surface area (Å²) in [7, 11) is 3.04. The maximum absolute atomic E-state index is 14.1. The van der Waals surface area contributed by atoms with Crippen LogP contribution in [0.4, 0.5) is 27.6 Å². The molecule has 2 aromatic rings. The van der Waals surface area contributed by atoms with E-state index >= 15 is 0 Å². The number of nitriles is 1. The van der Waals surface area contributed by atoms with E-state index < -0.39 is 29.3 Å². The third-order valence-corrected chi connectivity index (χ3v) is 5.17. The molecule has 33 heavy (non-hydrogen) atoms. The zero-order valence-corrected chi connectivity index (χ0v) is 18.5. The number of carbonyl (C=O) groups excluding carboxylic acids is 1. The minimum Gasteiger partial charge on any atom is -0.355 e. The number of halogens is 5. The molecule has 9 heteroatoms. The van der Waals surface area contributed by atoms with Crippen LogP contribution < -0.4 is 4.90 Å². The van der Waals surface area contributed by atoms with Crippen LogP contribution in [0, 0.1) is 11.3 Å².